The lowest BCUT2D eigenvalue weighted by Crippen LogP contribution is -2.40. The second-order valence-corrected chi connectivity index (χ2v) is 8.44. The zero-order valence-electron chi connectivity index (χ0n) is 15.1. The maximum Gasteiger partial charge on any atom is 0.105 e. The van der Waals surface area contributed by atoms with E-state index < -0.39 is 0 Å². The van der Waals surface area contributed by atoms with Crippen molar-refractivity contribution in [3.63, 3.8) is 0 Å². The highest BCUT2D eigenvalue weighted by Gasteiger charge is 2.34. The fraction of sp³-hybridized carbons (Fsp3) is 0.684. The second-order valence-electron chi connectivity index (χ2n) is 7.91. The Morgan fingerprint density at radius 3 is 2.50 bits per heavy atom. The predicted octanol–water partition coefficient (Wildman–Crippen LogP) is 1.44. The molecule has 2 saturated heterocycles. The minimum Gasteiger partial charge on any atom is -0.396 e. The van der Waals surface area contributed by atoms with Gasteiger partial charge in [0, 0.05) is 39.4 Å². The van der Waals surface area contributed by atoms with E-state index in [0.717, 1.165) is 63.1 Å². The van der Waals surface area contributed by atoms with E-state index in [0.29, 0.717) is 24.4 Å². The van der Waals surface area contributed by atoms with Gasteiger partial charge in [-0.3, -0.25) is 4.90 Å². The molecule has 0 amide bonds. The molecule has 3 heterocycles. The highest BCUT2D eigenvalue weighted by molar-refractivity contribution is 7.00. The number of aliphatic hydroxyl groups is 2. The number of rotatable bonds is 6. The Balaban J connectivity index is 1.34. The average molecular weight is 377 g/mol. The van der Waals surface area contributed by atoms with Gasteiger partial charge in [-0.15, -0.1) is 0 Å². The zero-order chi connectivity index (χ0) is 17.9. The number of hydrogen-bond acceptors (Lipinski definition) is 7. The molecule has 0 saturated carbocycles. The monoisotopic (exact) mass is 376 g/mol. The highest BCUT2D eigenvalue weighted by Crippen LogP contribution is 2.28. The van der Waals surface area contributed by atoms with Gasteiger partial charge in [0.15, 0.2) is 0 Å². The highest BCUT2D eigenvalue weighted by atomic mass is 32.1. The van der Waals surface area contributed by atoms with E-state index in [1.54, 1.807) is 0 Å². The zero-order valence-corrected chi connectivity index (χ0v) is 15.9. The van der Waals surface area contributed by atoms with Crippen molar-refractivity contribution >= 4 is 22.8 Å². The van der Waals surface area contributed by atoms with Gasteiger partial charge in [-0.2, -0.15) is 8.75 Å². The van der Waals surface area contributed by atoms with E-state index in [-0.39, 0.29) is 6.61 Å². The van der Waals surface area contributed by atoms with Crippen LogP contribution in [0.15, 0.2) is 18.2 Å². The Bertz CT molecular complexity index is 716. The summed E-state index contributed by atoms with van der Waals surface area (Å²) < 4.78 is 8.61. The third-order valence-electron chi connectivity index (χ3n) is 6.07. The van der Waals surface area contributed by atoms with Crippen molar-refractivity contribution in [2.75, 3.05) is 45.9 Å². The molecule has 0 radical (unpaired) electrons. The molecular weight excluding hydrogens is 348 g/mol. The molecule has 2 atom stereocenters. The van der Waals surface area contributed by atoms with Gasteiger partial charge < -0.3 is 15.1 Å². The number of aliphatic hydroxyl groups excluding tert-OH is 2. The van der Waals surface area contributed by atoms with E-state index in [2.05, 4.69) is 36.7 Å². The van der Waals surface area contributed by atoms with Crippen molar-refractivity contribution in [1.82, 2.24) is 18.5 Å². The summed E-state index contributed by atoms with van der Waals surface area (Å²) in [4.78, 5) is 4.99. The van der Waals surface area contributed by atoms with Crippen molar-refractivity contribution in [3.8, 4) is 0 Å². The van der Waals surface area contributed by atoms with Gasteiger partial charge in [-0.25, -0.2) is 0 Å². The summed E-state index contributed by atoms with van der Waals surface area (Å²) in [6.45, 7) is 6.72. The normalized spacial score (nSPS) is 26.1. The number of benzene rings is 1. The minimum atomic E-state index is 0.267. The molecule has 0 unspecified atom stereocenters. The maximum absolute atomic E-state index is 9.85. The van der Waals surface area contributed by atoms with Gasteiger partial charge in [0.2, 0.25) is 0 Å². The van der Waals surface area contributed by atoms with E-state index >= 15 is 0 Å². The molecule has 0 aliphatic carbocycles. The number of aromatic nitrogens is 2. The van der Waals surface area contributed by atoms with Crippen LogP contribution in [0.4, 0.5) is 0 Å². The summed E-state index contributed by atoms with van der Waals surface area (Å²) in [6, 6.07) is 6.33. The average Bonchev–Trinajstić information content (AvgIpc) is 3.28. The largest absolute Gasteiger partial charge is 0.396 e. The molecule has 142 valence electrons. The molecule has 0 spiro atoms. The Kier molecular flexibility index (Phi) is 5.81. The summed E-state index contributed by atoms with van der Waals surface area (Å²) in [6.07, 6.45) is 2.19. The standard InChI is InChI=1S/C19H28N4O2S/c24-12-14-3-5-22(6-4-14)9-16-10-23(11-17(16)13-25)8-15-1-2-18-19(7-15)21-26-20-18/h1-2,7,14,16-17,24-25H,3-6,8-13H2/t16-,17-/m0/s1. The van der Waals surface area contributed by atoms with Gasteiger partial charge in [-0.05, 0) is 61.4 Å². The van der Waals surface area contributed by atoms with Crippen LogP contribution < -0.4 is 0 Å². The Hall–Kier alpha value is -1.12. The summed E-state index contributed by atoms with van der Waals surface area (Å²) >= 11 is 1.26. The number of fused-ring (bicyclic) bond motifs is 1. The maximum atomic E-state index is 9.85. The van der Waals surface area contributed by atoms with Crippen molar-refractivity contribution in [1.29, 1.82) is 0 Å². The quantitative estimate of drug-likeness (QED) is 0.795. The minimum absolute atomic E-state index is 0.267. The first-order valence-electron chi connectivity index (χ1n) is 9.62. The summed E-state index contributed by atoms with van der Waals surface area (Å²) in [5, 5.41) is 19.2. The van der Waals surface area contributed by atoms with Crippen LogP contribution in [0.25, 0.3) is 11.0 Å². The third kappa shape index (κ3) is 4.07. The summed E-state index contributed by atoms with van der Waals surface area (Å²) in [5.41, 5.74) is 3.22. The molecule has 1 aromatic heterocycles. The first kappa shape index (κ1) is 18.3. The van der Waals surface area contributed by atoms with Crippen LogP contribution in [0, 0.1) is 17.8 Å². The van der Waals surface area contributed by atoms with Crippen LogP contribution in [-0.2, 0) is 6.54 Å². The topological polar surface area (TPSA) is 72.7 Å². The van der Waals surface area contributed by atoms with Crippen molar-refractivity contribution < 1.29 is 10.2 Å². The molecule has 0 bridgehead atoms. The first-order chi connectivity index (χ1) is 12.7. The summed E-state index contributed by atoms with van der Waals surface area (Å²) in [5.74, 6) is 1.36. The lowest BCUT2D eigenvalue weighted by Gasteiger charge is -2.33. The molecule has 2 aromatic rings. The third-order valence-corrected chi connectivity index (χ3v) is 6.63. The van der Waals surface area contributed by atoms with Gasteiger partial charge in [-0.1, -0.05) is 6.07 Å². The van der Waals surface area contributed by atoms with Crippen LogP contribution in [0.5, 0.6) is 0 Å². The molecule has 6 nitrogen and oxygen atoms in total. The molecule has 26 heavy (non-hydrogen) atoms. The van der Waals surface area contributed by atoms with Crippen LogP contribution in [-0.4, -0.2) is 74.7 Å². The molecular formula is C19H28N4O2S. The van der Waals surface area contributed by atoms with Crippen molar-refractivity contribution in [2.45, 2.75) is 19.4 Å². The lowest BCUT2D eigenvalue weighted by molar-refractivity contribution is 0.106. The number of piperidine rings is 1. The van der Waals surface area contributed by atoms with Gasteiger partial charge in [0.05, 0.1) is 11.7 Å². The van der Waals surface area contributed by atoms with E-state index in [1.165, 1.54) is 17.3 Å². The van der Waals surface area contributed by atoms with Crippen LogP contribution in [0.2, 0.25) is 0 Å². The van der Waals surface area contributed by atoms with Crippen LogP contribution in [0.1, 0.15) is 18.4 Å². The lowest BCUT2D eigenvalue weighted by atomic mass is 9.93. The Morgan fingerprint density at radius 1 is 0.962 bits per heavy atom. The molecule has 7 heteroatoms. The molecule has 2 aliphatic heterocycles. The Labute approximate surface area is 158 Å². The molecule has 2 N–H and O–H groups in total. The first-order valence-corrected chi connectivity index (χ1v) is 10.4. The van der Waals surface area contributed by atoms with E-state index in [1.807, 2.05) is 0 Å². The number of hydrogen-bond donors (Lipinski definition) is 2. The Morgan fingerprint density at radius 2 is 1.73 bits per heavy atom. The van der Waals surface area contributed by atoms with Gasteiger partial charge in [0.1, 0.15) is 11.0 Å². The molecule has 1 aromatic carbocycles. The van der Waals surface area contributed by atoms with Gasteiger partial charge >= 0.3 is 0 Å². The van der Waals surface area contributed by atoms with E-state index in [4.69, 9.17) is 0 Å². The van der Waals surface area contributed by atoms with Crippen LogP contribution >= 0.6 is 11.7 Å². The van der Waals surface area contributed by atoms with Crippen molar-refractivity contribution in [3.05, 3.63) is 23.8 Å². The smallest absolute Gasteiger partial charge is 0.105 e. The summed E-state index contributed by atoms with van der Waals surface area (Å²) in [7, 11) is 0. The fourth-order valence-corrected chi connectivity index (χ4v) is 4.96. The SMILES string of the molecule is OCC1CCN(C[C@H]2CN(Cc3ccc4nsnc4c3)C[C@H]2CO)CC1. The molecule has 2 fully saturated rings. The number of likely N-dealkylation sites (tertiary alicyclic amines) is 2. The predicted molar refractivity (Wildman–Crippen MR) is 103 cm³/mol. The second kappa shape index (κ2) is 8.27. The van der Waals surface area contributed by atoms with Gasteiger partial charge in [0.25, 0.3) is 0 Å². The van der Waals surface area contributed by atoms with Crippen LogP contribution in [0.3, 0.4) is 0 Å². The fourth-order valence-electron chi connectivity index (χ4n) is 4.45. The number of nitrogens with zero attached hydrogens (tertiary/aromatic N) is 4. The van der Waals surface area contributed by atoms with Crippen molar-refractivity contribution in [2.24, 2.45) is 17.8 Å². The van der Waals surface area contributed by atoms with E-state index in [9.17, 15) is 10.2 Å². The molecule has 4 rings (SSSR count). The molecule has 2 aliphatic rings.